The number of rotatable bonds is 22. The molecule has 2 rings (SSSR count). The third kappa shape index (κ3) is 8.79. The molecule has 2 fully saturated rings. The van der Waals surface area contributed by atoms with E-state index in [1.807, 2.05) is 20.8 Å². The van der Waals surface area contributed by atoms with E-state index in [0.717, 1.165) is 64.4 Å². The van der Waals surface area contributed by atoms with E-state index in [9.17, 15) is 19.2 Å². The molecule has 1 atom stereocenters. The van der Waals surface area contributed by atoms with Gasteiger partial charge in [-0.3, -0.25) is 19.4 Å². The van der Waals surface area contributed by atoms with Crippen LogP contribution >= 0.6 is 0 Å². The first-order chi connectivity index (χ1) is 19.7. The van der Waals surface area contributed by atoms with Crippen molar-refractivity contribution in [3.63, 3.8) is 0 Å². The van der Waals surface area contributed by atoms with Crippen LogP contribution in [0.25, 0.3) is 0 Å². The van der Waals surface area contributed by atoms with E-state index in [4.69, 9.17) is 4.74 Å². The Morgan fingerprint density at radius 2 is 1.24 bits per heavy atom. The number of nitrogens with zero attached hydrogens (tertiary/aromatic N) is 4. The van der Waals surface area contributed by atoms with Gasteiger partial charge in [0, 0.05) is 32.8 Å². The highest BCUT2D eigenvalue weighted by atomic mass is 16.5. The zero-order valence-electron chi connectivity index (χ0n) is 26.5. The summed E-state index contributed by atoms with van der Waals surface area (Å²) in [4.78, 5) is 55.8. The molecular weight excluding hydrogens is 520 g/mol. The predicted molar refractivity (Wildman–Crippen MR) is 162 cm³/mol. The van der Waals surface area contributed by atoms with Gasteiger partial charge >= 0.3 is 12.1 Å². The summed E-state index contributed by atoms with van der Waals surface area (Å²) < 4.78 is 5.94. The molecule has 0 N–H and O–H groups in total. The quantitative estimate of drug-likeness (QED) is 0.0867. The maximum atomic E-state index is 12.8. The maximum absolute atomic E-state index is 12.8. The van der Waals surface area contributed by atoms with Gasteiger partial charge in [-0.05, 0) is 70.6 Å². The van der Waals surface area contributed by atoms with Crippen LogP contribution in [-0.4, -0.2) is 95.0 Å². The monoisotopic (exact) mass is 576 g/mol. The highest BCUT2D eigenvalue weighted by Gasteiger charge is 2.46. The lowest BCUT2D eigenvalue weighted by molar-refractivity contribution is -0.129. The Kier molecular flexibility index (Phi) is 14.3. The van der Waals surface area contributed by atoms with Crippen LogP contribution in [0.15, 0.2) is 12.7 Å². The number of carbonyl (C=O) groups is 4. The number of ether oxygens (including phenoxy) is 1. The first-order valence-electron chi connectivity index (χ1n) is 16.1. The van der Waals surface area contributed by atoms with Gasteiger partial charge in [-0.25, -0.2) is 9.59 Å². The van der Waals surface area contributed by atoms with Crippen molar-refractivity contribution in [2.75, 3.05) is 45.9 Å². The summed E-state index contributed by atoms with van der Waals surface area (Å²) >= 11 is 0. The van der Waals surface area contributed by atoms with Crippen molar-refractivity contribution in [3.05, 3.63) is 12.7 Å². The van der Waals surface area contributed by atoms with Crippen LogP contribution in [0.1, 0.15) is 112 Å². The molecule has 2 heterocycles. The molecule has 1 unspecified atom stereocenters. The van der Waals surface area contributed by atoms with Gasteiger partial charge in [0.25, 0.3) is 5.91 Å². The second-order valence-corrected chi connectivity index (χ2v) is 11.7. The lowest BCUT2D eigenvalue weighted by Crippen LogP contribution is -2.50. The van der Waals surface area contributed by atoms with E-state index in [1.165, 1.54) is 16.2 Å². The second-order valence-electron chi connectivity index (χ2n) is 11.7. The highest BCUT2D eigenvalue weighted by molar-refractivity contribution is 6.03. The molecule has 2 aliphatic rings. The summed E-state index contributed by atoms with van der Waals surface area (Å²) in [5.41, 5.74) is -0.322. The van der Waals surface area contributed by atoms with E-state index in [1.54, 1.807) is 15.9 Å². The lowest BCUT2D eigenvalue weighted by Gasteiger charge is -2.37. The summed E-state index contributed by atoms with van der Waals surface area (Å²) in [6.07, 6.45) is 13.5. The van der Waals surface area contributed by atoms with Gasteiger partial charge in [0.15, 0.2) is 0 Å². The Labute approximate surface area is 248 Å². The molecule has 2 aliphatic heterocycles. The number of hydrogen-bond donors (Lipinski definition) is 0. The summed E-state index contributed by atoms with van der Waals surface area (Å²) in [5, 5.41) is 0. The maximum Gasteiger partial charge on any atom is 0.327 e. The molecule has 234 valence electrons. The van der Waals surface area contributed by atoms with Crippen molar-refractivity contribution >= 4 is 23.9 Å². The second kappa shape index (κ2) is 16.9. The topological polar surface area (TPSA) is 90.5 Å². The van der Waals surface area contributed by atoms with Crippen molar-refractivity contribution in [1.82, 2.24) is 19.6 Å². The molecule has 9 heteroatoms. The van der Waals surface area contributed by atoms with Gasteiger partial charge in [-0.2, -0.15) is 0 Å². The number of amides is 6. The molecule has 0 aromatic heterocycles. The number of hydrogen-bond acceptors (Lipinski definition) is 5. The highest BCUT2D eigenvalue weighted by Crippen LogP contribution is 2.38. The minimum atomic E-state index is -0.628. The zero-order chi connectivity index (χ0) is 30.5. The molecule has 0 aliphatic carbocycles. The minimum Gasteiger partial charge on any atom is -0.381 e. The predicted octanol–water partition coefficient (Wildman–Crippen LogP) is 6.22. The molecule has 0 saturated carbocycles. The summed E-state index contributed by atoms with van der Waals surface area (Å²) in [5.74, 6) is -0.204. The van der Waals surface area contributed by atoms with E-state index in [2.05, 4.69) is 20.4 Å². The molecule has 0 aromatic rings. The van der Waals surface area contributed by atoms with Crippen LogP contribution in [0.4, 0.5) is 9.59 Å². The molecule has 2 saturated heterocycles. The Morgan fingerprint density at radius 3 is 1.73 bits per heavy atom. The standard InChI is InChI=1S/C32H56N4O5/c1-7-31(8-2,19-13-16-22-35-27(37)25-33(11-5)29(35)39)20-14-17-23-41-24-18-15-21-32(9-3,10-4)36-28(38)26-34(12-6)30(36)40/h9H,3,7-8,10-26H2,1-2,4-6H3. The molecule has 9 nitrogen and oxygen atoms in total. The zero-order valence-corrected chi connectivity index (χ0v) is 26.5. The number of urea groups is 2. The third-order valence-electron chi connectivity index (χ3n) is 9.60. The van der Waals surface area contributed by atoms with Crippen LogP contribution in [-0.2, 0) is 14.3 Å². The average Bonchev–Trinajstić information content (AvgIpc) is 3.44. The largest absolute Gasteiger partial charge is 0.381 e. The molecule has 0 bridgehead atoms. The summed E-state index contributed by atoms with van der Waals surface area (Å²) in [6.45, 7) is 17.8. The third-order valence-corrected chi connectivity index (χ3v) is 9.60. The minimum absolute atomic E-state index is 0.0698. The SMILES string of the molecule is C=CC(CC)(CCCCOCCCCC(CC)(CC)CCCCN1C(=O)CN(CC)C1=O)N1C(=O)CN(CC)C1=O. The first-order valence-corrected chi connectivity index (χ1v) is 16.1. The molecule has 6 amide bonds. The Balaban J connectivity index is 1.65. The van der Waals surface area contributed by atoms with Crippen molar-refractivity contribution in [2.45, 2.75) is 117 Å². The lowest BCUT2D eigenvalue weighted by atomic mass is 9.74. The van der Waals surface area contributed by atoms with Crippen molar-refractivity contribution in [2.24, 2.45) is 5.41 Å². The fraction of sp³-hybridized carbons (Fsp3) is 0.812. The van der Waals surface area contributed by atoms with Crippen molar-refractivity contribution in [3.8, 4) is 0 Å². The fourth-order valence-electron chi connectivity index (χ4n) is 6.37. The van der Waals surface area contributed by atoms with Gasteiger partial charge in [0.2, 0.25) is 5.91 Å². The van der Waals surface area contributed by atoms with E-state index in [-0.39, 0.29) is 37.0 Å². The molecular formula is C32H56N4O5. The summed E-state index contributed by atoms with van der Waals surface area (Å²) in [6, 6.07) is -0.342. The molecule has 0 aromatic carbocycles. The molecule has 41 heavy (non-hydrogen) atoms. The number of unbranched alkanes of at least 4 members (excludes halogenated alkanes) is 3. The number of imide groups is 2. The van der Waals surface area contributed by atoms with Gasteiger partial charge in [0.05, 0.1) is 5.54 Å². The smallest absolute Gasteiger partial charge is 0.327 e. The Bertz CT molecular complexity index is 889. The van der Waals surface area contributed by atoms with E-state index < -0.39 is 5.54 Å². The van der Waals surface area contributed by atoms with Crippen molar-refractivity contribution in [1.29, 1.82) is 0 Å². The van der Waals surface area contributed by atoms with Crippen LogP contribution in [0, 0.1) is 5.41 Å². The van der Waals surface area contributed by atoms with Gasteiger partial charge in [0.1, 0.15) is 13.1 Å². The van der Waals surface area contributed by atoms with Gasteiger partial charge in [-0.1, -0.05) is 52.5 Å². The van der Waals surface area contributed by atoms with Gasteiger partial charge in [-0.15, -0.1) is 6.58 Å². The van der Waals surface area contributed by atoms with Crippen molar-refractivity contribution < 1.29 is 23.9 Å². The number of carbonyl (C=O) groups excluding carboxylic acids is 4. The molecule has 0 spiro atoms. The average molecular weight is 577 g/mol. The number of likely N-dealkylation sites (N-methyl/N-ethyl adjacent to an activating group) is 2. The Morgan fingerprint density at radius 1 is 0.707 bits per heavy atom. The van der Waals surface area contributed by atoms with E-state index >= 15 is 0 Å². The normalized spacial score (nSPS) is 17.8. The molecule has 0 radical (unpaired) electrons. The van der Waals surface area contributed by atoms with Crippen LogP contribution < -0.4 is 0 Å². The van der Waals surface area contributed by atoms with Gasteiger partial charge < -0.3 is 14.5 Å². The first kappa shape index (κ1) is 34.8. The van der Waals surface area contributed by atoms with Crippen LogP contribution in [0.2, 0.25) is 0 Å². The van der Waals surface area contributed by atoms with Crippen LogP contribution in [0.5, 0.6) is 0 Å². The van der Waals surface area contributed by atoms with E-state index in [0.29, 0.717) is 44.5 Å². The summed E-state index contributed by atoms with van der Waals surface area (Å²) in [7, 11) is 0. The fourth-order valence-corrected chi connectivity index (χ4v) is 6.37. The Hall–Kier alpha value is -2.42. The van der Waals surface area contributed by atoms with Crippen LogP contribution in [0.3, 0.4) is 0 Å².